The number of benzene rings is 2. The molecule has 7 heteroatoms. The summed E-state index contributed by atoms with van der Waals surface area (Å²) in [5.74, 6) is -1.03. The van der Waals surface area contributed by atoms with Crippen LogP contribution in [0.1, 0.15) is 20.8 Å². The number of nitriles is 1. The van der Waals surface area contributed by atoms with Gasteiger partial charge in [-0.2, -0.15) is 5.26 Å². The molecule has 0 aliphatic carbocycles. The molecule has 1 amide bonds. The largest absolute Gasteiger partial charge is 0.455 e. The van der Waals surface area contributed by atoms with Crippen molar-refractivity contribution in [1.82, 2.24) is 5.32 Å². The van der Waals surface area contributed by atoms with Crippen LogP contribution in [0.15, 0.2) is 41.3 Å². The van der Waals surface area contributed by atoms with Gasteiger partial charge in [0.15, 0.2) is 6.61 Å². The van der Waals surface area contributed by atoms with E-state index >= 15 is 0 Å². The molecular formula is C20H21ClN2O3S. The summed E-state index contributed by atoms with van der Waals surface area (Å²) in [5, 5.41) is 14.3. The lowest BCUT2D eigenvalue weighted by molar-refractivity contribution is -0.146. The van der Waals surface area contributed by atoms with Gasteiger partial charge in [-0.05, 0) is 30.4 Å². The molecule has 27 heavy (non-hydrogen) atoms. The number of carbonyl (C=O) groups excluding carboxylic acids is 2. The number of amides is 1. The van der Waals surface area contributed by atoms with Gasteiger partial charge in [0.05, 0.1) is 11.8 Å². The maximum atomic E-state index is 12.0. The fraction of sp³-hybridized carbons (Fsp3) is 0.350. The van der Waals surface area contributed by atoms with Gasteiger partial charge in [-0.1, -0.05) is 49.7 Å². The number of halogens is 1. The first-order chi connectivity index (χ1) is 12.8. The van der Waals surface area contributed by atoms with Gasteiger partial charge in [0, 0.05) is 15.3 Å². The first-order valence-corrected chi connectivity index (χ1v) is 9.81. The van der Waals surface area contributed by atoms with Crippen molar-refractivity contribution in [2.24, 2.45) is 5.92 Å². The van der Waals surface area contributed by atoms with Crippen molar-refractivity contribution in [2.45, 2.75) is 31.2 Å². The summed E-state index contributed by atoms with van der Waals surface area (Å²) in [5.41, 5.74) is -1.00. The SMILES string of the molecule is CC(C)[C@](C)(C#N)NC(=O)COC(=O)CSc1cccc2cccc(Cl)c12. The lowest BCUT2D eigenvalue weighted by Crippen LogP contribution is -2.50. The smallest absolute Gasteiger partial charge is 0.316 e. The van der Waals surface area contributed by atoms with E-state index in [0.29, 0.717) is 5.02 Å². The maximum absolute atomic E-state index is 12.0. The second-order valence-electron chi connectivity index (χ2n) is 6.56. The number of hydrogen-bond acceptors (Lipinski definition) is 5. The summed E-state index contributed by atoms with van der Waals surface area (Å²) in [6.45, 7) is 4.89. The molecule has 2 aromatic carbocycles. The van der Waals surface area contributed by atoms with E-state index < -0.39 is 24.0 Å². The van der Waals surface area contributed by atoms with Gasteiger partial charge in [-0.3, -0.25) is 9.59 Å². The third-order valence-electron chi connectivity index (χ3n) is 4.31. The van der Waals surface area contributed by atoms with Crippen LogP contribution in [0.5, 0.6) is 0 Å². The Balaban J connectivity index is 1.91. The summed E-state index contributed by atoms with van der Waals surface area (Å²) in [7, 11) is 0. The monoisotopic (exact) mass is 404 g/mol. The normalized spacial score (nSPS) is 13.0. The molecular weight excluding hydrogens is 384 g/mol. The highest BCUT2D eigenvalue weighted by Crippen LogP contribution is 2.33. The fourth-order valence-electron chi connectivity index (χ4n) is 2.33. The Morgan fingerprint density at radius 1 is 1.30 bits per heavy atom. The number of ether oxygens (including phenoxy) is 1. The van der Waals surface area contributed by atoms with Crippen LogP contribution in [0.3, 0.4) is 0 Å². The van der Waals surface area contributed by atoms with Crippen LogP contribution in [-0.2, 0) is 14.3 Å². The van der Waals surface area contributed by atoms with Gasteiger partial charge in [0.25, 0.3) is 5.91 Å². The number of nitrogens with one attached hydrogen (secondary N) is 1. The predicted molar refractivity (Wildman–Crippen MR) is 108 cm³/mol. The van der Waals surface area contributed by atoms with Crippen LogP contribution in [0, 0.1) is 17.2 Å². The molecule has 0 fully saturated rings. The van der Waals surface area contributed by atoms with Crippen molar-refractivity contribution in [3.63, 3.8) is 0 Å². The number of nitrogens with zero attached hydrogens (tertiary/aromatic N) is 1. The van der Waals surface area contributed by atoms with E-state index in [4.69, 9.17) is 16.3 Å². The van der Waals surface area contributed by atoms with Gasteiger partial charge in [-0.15, -0.1) is 11.8 Å². The van der Waals surface area contributed by atoms with E-state index in [1.54, 1.807) is 13.0 Å². The highest BCUT2D eigenvalue weighted by atomic mass is 35.5. The molecule has 0 saturated carbocycles. The van der Waals surface area contributed by atoms with Crippen LogP contribution in [0.2, 0.25) is 5.02 Å². The zero-order valence-corrected chi connectivity index (χ0v) is 17.0. The van der Waals surface area contributed by atoms with Gasteiger partial charge >= 0.3 is 5.97 Å². The molecule has 0 spiro atoms. The summed E-state index contributed by atoms with van der Waals surface area (Å²) in [6, 6.07) is 13.4. The van der Waals surface area contributed by atoms with Gasteiger partial charge in [0.2, 0.25) is 0 Å². The zero-order chi connectivity index (χ0) is 20.0. The van der Waals surface area contributed by atoms with E-state index in [1.165, 1.54) is 11.8 Å². The summed E-state index contributed by atoms with van der Waals surface area (Å²) in [6.07, 6.45) is 0. The van der Waals surface area contributed by atoms with Crippen LogP contribution in [0.25, 0.3) is 10.8 Å². The van der Waals surface area contributed by atoms with E-state index in [-0.39, 0.29) is 11.7 Å². The van der Waals surface area contributed by atoms with Crippen molar-refractivity contribution in [1.29, 1.82) is 5.26 Å². The molecule has 5 nitrogen and oxygen atoms in total. The summed E-state index contributed by atoms with van der Waals surface area (Å²) < 4.78 is 5.02. The molecule has 0 saturated heterocycles. The third-order valence-corrected chi connectivity index (χ3v) is 5.66. The number of rotatable bonds is 7. The maximum Gasteiger partial charge on any atom is 0.316 e. The second-order valence-corrected chi connectivity index (χ2v) is 7.98. The minimum absolute atomic E-state index is 0.0529. The average Bonchev–Trinajstić information content (AvgIpc) is 2.64. The molecule has 2 aromatic rings. The highest BCUT2D eigenvalue weighted by Gasteiger charge is 2.30. The van der Waals surface area contributed by atoms with Crippen molar-refractivity contribution >= 4 is 46.0 Å². The molecule has 1 atom stereocenters. The number of thioether (sulfide) groups is 1. The highest BCUT2D eigenvalue weighted by molar-refractivity contribution is 8.00. The van der Waals surface area contributed by atoms with Gasteiger partial charge in [-0.25, -0.2) is 0 Å². The molecule has 0 radical (unpaired) electrons. The molecule has 0 unspecified atom stereocenters. The number of esters is 1. The van der Waals surface area contributed by atoms with Crippen LogP contribution >= 0.6 is 23.4 Å². The minimum atomic E-state index is -1.00. The van der Waals surface area contributed by atoms with Crippen molar-refractivity contribution in [3.8, 4) is 6.07 Å². The van der Waals surface area contributed by atoms with Gasteiger partial charge in [0.1, 0.15) is 5.54 Å². The number of carbonyl (C=O) groups is 2. The number of fused-ring (bicyclic) bond motifs is 1. The van der Waals surface area contributed by atoms with E-state index in [2.05, 4.69) is 11.4 Å². The zero-order valence-electron chi connectivity index (χ0n) is 15.4. The fourth-order valence-corrected chi connectivity index (χ4v) is 3.58. The molecule has 0 heterocycles. The third kappa shape index (κ3) is 5.38. The Bertz CT molecular complexity index is 889. The lowest BCUT2D eigenvalue weighted by Gasteiger charge is -2.27. The van der Waals surface area contributed by atoms with Crippen molar-refractivity contribution in [2.75, 3.05) is 12.4 Å². The standard InChI is InChI=1S/C20H21ClN2O3S/c1-13(2)20(3,12-22)23-17(24)10-26-18(25)11-27-16-9-5-7-14-6-4-8-15(21)19(14)16/h4-9,13H,10-11H2,1-3H3,(H,23,24)/t20-/m0/s1. The number of hydrogen-bond donors (Lipinski definition) is 1. The van der Waals surface area contributed by atoms with E-state index in [0.717, 1.165) is 15.7 Å². The lowest BCUT2D eigenvalue weighted by atomic mass is 9.90. The van der Waals surface area contributed by atoms with Crippen molar-refractivity contribution < 1.29 is 14.3 Å². The van der Waals surface area contributed by atoms with E-state index in [9.17, 15) is 14.9 Å². The molecule has 0 aliphatic rings. The summed E-state index contributed by atoms with van der Waals surface area (Å²) >= 11 is 7.58. The van der Waals surface area contributed by atoms with Gasteiger partial charge < -0.3 is 10.1 Å². The molecule has 0 bridgehead atoms. The second kappa shape index (κ2) is 9.12. The quantitative estimate of drug-likeness (QED) is 0.553. The van der Waals surface area contributed by atoms with E-state index in [1.807, 2.05) is 44.2 Å². The topological polar surface area (TPSA) is 79.2 Å². The molecule has 0 aliphatic heterocycles. The Labute approximate surface area is 168 Å². The molecule has 0 aromatic heterocycles. The average molecular weight is 405 g/mol. The Morgan fingerprint density at radius 3 is 2.59 bits per heavy atom. The molecule has 142 valence electrons. The minimum Gasteiger partial charge on any atom is -0.455 e. The van der Waals surface area contributed by atoms with Crippen LogP contribution in [-0.4, -0.2) is 29.8 Å². The van der Waals surface area contributed by atoms with Crippen LogP contribution < -0.4 is 5.32 Å². The molecule has 2 rings (SSSR count). The first-order valence-electron chi connectivity index (χ1n) is 8.44. The Morgan fingerprint density at radius 2 is 1.96 bits per heavy atom. The van der Waals surface area contributed by atoms with Crippen LogP contribution in [0.4, 0.5) is 0 Å². The predicted octanol–water partition coefficient (Wildman–Crippen LogP) is 4.18. The summed E-state index contributed by atoms with van der Waals surface area (Å²) in [4.78, 5) is 24.8. The Kier molecular flexibility index (Phi) is 7.11. The Hall–Kier alpha value is -2.23. The first kappa shape index (κ1) is 21.1. The van der Waals surface area contributed by atoms with Crippen molar-refractivity contribution in [3.05, 3.63) is 41.4 Å². The molecule has 1 N–H and O–H groups in total.